The Morgan fingerprint density at radius 2 is 1.61 bits per heavy atom. The highest BCUT2D eigenvalue weighted by molar-refractivity contribution is 5.80. The Morgan fingerprint density at radius 3 is 2.09 bits per heavy atom. The van der Waals surface area contributed by atoms with Crippen molar-refractivity contribution in [3.63, 3.8) is 0 Å². The largest absolute Gasteiger partial charge is 1.00 e. The minimum absolute atomic E-state index is 0. The van der Waals surface area contributed by atoms with E-state index >= 15 is 0 Å². The molecule has 1 N–H and O–H groups in total. The number of rotatable bonds is 5. The number of nitro groups is 1. The van der Waals surface area contributed by atoms with Gasteiger partial charge in [-0.1, -0.05) is 0 Å². The molecule has 0 atom stereocenters. The van der Waals surface area contributed by atoms with E-state index in [0.717, 1.165) is 10.0 Å². The molecule has 0 aliphatic rings. The Morgan fingerprint density at radius 1 is 1.04 bits per heavy atom. The number of quaternary nitrogens is 1. The van der Waals surface area contributed by atoms with Gasteiger partial charge in [0, 0.05) is 12.1 Å². The van der Waals surface area contributed by atoms with Crippen molar-refractivity contribution in [3.8, 4) is 0 Å². The molecule has 7 heteroatoms. The van der Waals surface area contributed by atoms with Gasteiger partial charge in [0.25, 0.3) is 5.69 Å². The normalized spacial score (nSPS) is 11.1. The van der Waals surface area contributed by atoms with Crippen molar-refractivity contribution in [1.82, 2.24) is 4.48 Å². The Bertz CT molecular complexity index is 677. The molecule has 6 nitrogen and oxygen atoms in total. The second-order valence-corrected chi connectivity index (χ2v) is 5.78. The molecule has 0 heterocycles. The van der Waals surface area contributed by atoms with Crippen molar-refractivity contribution >= 4 is 23.3 Å². The summed E-state index contributed by atoms with van der Waals surface area (Å²) in [6.07, 6.45) is 1.71. The number of hydrogen-bond acceptors (Lipinski definition) is 4. The number of halogens is 1. The summed E-state index contributed by atoms with van der Waals surface area (Å²) in [4.78, 5) is 10.1. The van der Waals surface area contributed by atoms with Gasteiger partial charge in [-0.3, -0.25) is 20.0 Å². The summed E-state index contributed by atoms with van der Waals surface area (Å²) in [5.74, 6) is 0. The van der Waals surface area contributed by atoms with Crippen LogP contribution in [0.1, 0.15) is 5.56 Å². The summed E-state index contributed by atoms with van der Waals surface area (Å²) in [6.45, 7) is 0. The van der Waals surface area contributed by atoms with Crippen LogP contribution in [-0.4, -0.2) is 32.3 Å². The zero-order valence-corrected chi connectivity index (χ0v) is 15.4. The molecule has 2 rings (SSSR count). The molecular formula is C16H19IN4O2. The van der Waals surface area contributed by atoms with Crippen LogP contribution in [0.4, 0.5) is 17.1 Å². The van der Waals surface area contributed by atoms with Crippen LogP contribution in [0.25, 0.3) is 0 Å². The van der Waals surface area contributed by atoms with Gasteiger partial charge < -0.3 is 24.0 Å². The summed E-state index contributed by atoms with van der Waals surface area (Å²) >= 11 is 0. The maximum atomic E-state index is 10.6. The summed E-state index contributed by atoms with van der Waals surface area (Å²) < 4.78 is 0.762. The molecule has 0 spiro atoms. The zero-order chi connectivity index (χ0) is 16.2. The third-order valence-corrected chi connectivity index (χ3v) is 3.15. The SMILES string of the molecule is C[N+](C)(C)c1ccc(/C=N/Nc2ccc([N+](=O)[O-])cc2)cc1.[I-]. The van der Waals surface area contributed by atoms with Crippen LogP contribution in [0.2, 0.25) is 0 Å². The smallest absolute Gasteiger partial charge is 0.269 e. The number of hydrazone groups is 1. The second-order valence-electron chi connectivity index (χ2n) is 5.78. The molecule has 23 heavy (non-hydrogen) atoms. The van der Waals surface area contributed by atoms with Gasteiger partial charge in [0.05, 0.1) is 38.0 Å². The number of benzene rings is 2. The molecule has 0 aliphatic heterocycles. The van der Waals surface area contributed by atoms with Crippen molar-refractivity contribution in [2.45, 2.75) is 0 Å². The van der Waals surface area contributed by atoms with E-state index in [1.807, 2.05) is 12.1 Å². The van der Waals surface area contributed by atoms with Gasteiger partial charge in [0.15, 0.2) is 0 Å². The Kier molecular flexibility index (Phi) is 6.64. The summed E-state index contributed by atoms with van der Waals surface area (Å²) in [7, 11) is 6.33. The monoisotopic (exact) mass is 426 g/mol. The highest BCUT2D eigenvalue weighted by Gasteiger charge is 2.10. The predicted molar refractivity (Wildman–Crippen MR) is 90.3 cm³/mol. The van der Waals surface area contributed by atoms with Crippen molar-refractivity contribution in [2.24, 2.45) is 5.10 Å². The molecule has 2 aromatic rings. The minimum atomic E-state index is -0.428. The van der Waals surface area contributed by atoms with E-state index in [0.29, 0.717) is 5.69 Å². The maximum Gasteiger partial charge on any atom is 0.269 e. The van der Waals surface area contributed by atoms with Crippen LogP contribution in [0.15, 0.2) is 53.6 Å². The molecule has 0 bridgehead atoms. The average molecular weight is 426 g/mol. The third kappa shape index (κ3) is 5.61. The molecule has 0 saturated heterocycles. The lowest BCUT2D eigenvalue weighted by Crippen LogP contribution is -3.00. The number of nitro benzene ring substituents is 1. The van der Waals surface area contributed by atoms with E-state index in [9.17, 15) is 10.1 Å². The Labute approximate surface area is 152 Å². The van der Waals surface area contributed by atoms with Gasteiger partial charge >= 0.3 is 0 Å². The van der Waals surface area contributed by atoms with Crippen LogP contribution < -0.4 is 33.9 Å². The van der Waals surface area contributed by atoms with Crippen molar-refractivity contribution in [3.05, 3.63) is 64.2 Å². The van der Waals surface area contributed by atoms with E-state index in [4.69, 9.17) is 0 Å². The first-order chi connectivity index (χ1) is 10.4. The van der Waals surface area contributed by atoms with Gasteiger partial charge in [-0.2, -0.15) is 5.10 Å². The fourth-order valence-corrected chi connectivity index (χ4v) is 1.85. The van der Waals surface area contributed by atoms with Gasteiger partial charge in [0.2, 0.25) is 0 Å². The zero-order valence-electron chi connectivity index (χ0n) is 13.2. The fourth-order valence-electron chi connectivity index (χ4n) is 1.85. The maximum absolute atomic E-state index is 10.6. The summed E-state index contributed by atoms with van der Waals surface area (Å²) in [5.41, 5.74) is 5.79. The number of nitrogens with zero attached hydrogens (tertiary/aromatic N) is 3. The number of non-ortho nitro benzene ring substituents is 1. The predicted octanol–water partition coefficient (Wildman–Crippen LogP) is 0.242. The molecule has 0 aromatic heterocycles. The Hall–Kier alpha value is -2.00. The fraction of sp³-hybridized carbons (Fsp3) is 0.188. The lowest BCUT2D eigenvalue weighted by molar-refractivity contribution is -0.384. The highest BCUT2D eigenvalue weighted by Crippen LogP contribution is 2.17. The molecule has 122 valence electrons. The first kappa shape index (κ1) is 19.0. The lowest BCUT2D eigenvalue weighted by Gasteiger charge is -2.23. The van der Waals surface area contributed by atoms with Crippen molar-refractivity contribution < 1.29 is 28.9 Å². The molecule has 0 unspecified atom stereocenters. The highest BCUT2D eigenvalue weighted by atomic mass is 127. The van der Waals surface area contributed by atoms with Gasteiger partial charge in [-0.15, -0.1) is 0 Å². The molecule has 0 amide bonds. The third-order valence-electron chi connectivity index (χ3n) is 3.15. The molecule has 0 fully saturated rings. The van der Waals surface area contributed by atoms with Crippen molar-refractivity contribution in [1.29, 1.82) is 0 Å². The van der Waals surface area contributed by atoms with E-state index in [1.165, 1.54) is 17.8 Å². The summed E-state index contributed by atoms with van der Waals surface area (Å²) in [5, 5.41) is 14.7. The van der Waals surface area contributed by atoms with E-state index in [1.54, 1.807) is 18.3 Å². The van der Waals surface area contributed by atoms with E-state index in [-0.39, 0.29) is 29.7 Å². The van der Waals surface area contributed by atoms with Crippen molar-refractivity contribution in [2.75, 3.05) is 26.6 Å². The van der Waals surface area contributed by atoms with Crippen LogP contribution in [0.5, 0.6) is 0 Å². The average Bonchev–Trinajstić information content (AvgIpc) is 2.47. The molecule has 2 aromatic carbocycles. The standard InChI is InChI=1S/C16H19N4O2.HI/c1-20(2,3)16-10-4-13(5-11-16)12-17-18-14-6-8-15(9-7-14)19(21)22;/h4-12,18H,1-3H3;1H/q+1;/p-1/b17-12+;. The quantitative estimate of drug-likeness (QED) is 0.245. The van der Waals surface area contributed by atoms with Gasteiger partial charge in [0.1, 0.15) is 5.69 Å². The first-order valence-electron chi connectivity index (χ1n) is 6.82. The molecule has 0 aliphatic carbocycles. The first-order valence-corrected chi connectivity index (χ1v) is 6.82. The lowest BCUT2D eigenvalue weighted by atomic mass is 10.2. The van der Waals surface area contributed by atoms with Gasteiger partial charge in [-0.25, -0.2) is 0 Å². The van der Waals surface area contributed by atoms with Crippen LogP contribution >= 0.6 is 0 Å². The van der Waals surface area contributed by atoms with Crippen LogP contribution in [0.3, 0.4) is 0 Å². The minimum Gasteiger partial charge on any atom is -1.00 e. The number of hydrogen-bond donors (Lipinski definition) is 1. The molecule has 0 saturated carbocycles. The van der Waals surface area contributed by atoms with E-state index < -0.39 is 4.92 Å². The van der Waals surface area contributed by atoms with Crippen LogP contribution in [0, 0.1) is 10.1 Å². The number of anilines is 1. The topological polar surface area (TPSA) is 67.5 Å². The second kappa shape index (κ2) is 8.02. The van der Waals surface area contributed by atoms with E-state index in [2.05, 4.69) is 43.8 Å². The summed E-state index contributed by atoms with van der Waals surface area (Å²) in [6, 6.07) is 14.2. The molecule has 0 radical (unpaired) electrons. The van der Waals surface area contributed by atoms with Crippen LogP contribution in [-0.2, 0) is 0 Å². The molecular weight excluding hydrogens is 407 g/mol. The number of nitrogens with one attached hydrogen (secondary N) is 1. The van der Waals surface area contributed by atoms with Gasteiger partial charge in [-0.05, 0) is 42.0 Å². The Balaban J connectivity index is 0.00000264.